The molecule has 0 aliphatic rings. The molecule has 0 spiro atoms. The summed E-state index contributed by atoms with van der Waals surface area (Å²) >= 11 is 0. The monoisotopic (exact) mass is 380 g/mol. The largest absolute Gasteiger partial charge is 0.494 e. The van der Waals surface area contributed by atoms with E-state index in [2.05, 4.69) is 46.8 Å². The van der Waals surface area contributed by atoms with Crippen molar-refractivity contribution in [2.75, 3.05) is 67.8 Å². The van der Waals surface area contributed by atoms with Crippen LogP contribution in [0.15, 0.2) is 29.3 Å². The van der Waals surface area contributed by atoms with Crippen LogP contribution in [0.2, 0.25) is 0 Å². The highest BCUT2D eigenvalue weighted by Crippen LogP contribution is 2.12. The number of hydrogen-bond donors (Lipinski definition) is 2. The Labute approximate surface area is 164 Å². The van der Waals surface area contributed by atoms with E-state index < -0.39 is 0 Å². The molecule has 0 atom stereocenters. The van der Waals surface area contributed by atoms with E-state index >= 15 is 0 Å². The number of benzene rings is 1. The molecular weight excluding hydrogens is 344 g/mol. The first-order chi connectivity index (χ1) is 13.2. The molecule has 27 heavy (non-hydrogen) atoms. The van der Waals surface area contributed by atoms with E-state index in [1.165, 1.54) is 5.56 Å². The number of aliphatic imine (C=N–C) groups is 1. The number of rotatable bonds is 14. The van der Waals surface area contributed by atoms with Gasteiger partial charge in [-0.25, -0.2) is 0 Å². The van der Waals surface area contributed by atoms with E-state index in [1.54, 1.807) is 14.2 Å². The molecule has 0 aromatic heterocycles. The Morgan fingerprint density at radius 1 is 1.00 bits per heavy atom. The summed E-state index contributed by atoms with van der Waals surface area (Å²) in [5.74, 6) is 1.70. The quantitative estimate of drug-likeness (QED) is 0.291. The molecule has 0 radical (unpaired) electrons. The van der Waals surface area contributed by atoms with Crippen molar-refractivity contribution in [3.05, 3.63) is 29.8 Å². The van der Waals surface area contributed by atoms with Crippen LogP contribution in [0.3, 0.4) is 0 Å². The second-order valence-corrected chi connectivity index (χ2v) is 6.46. The smallest absolute Gasteiger partial charge is 0.191 e. The van der Waals surface area contributed by atoms with E-state index in [0.29, 0.717) is 26.4 Å². The van der Waals surface area contributed by atoms with Crippen molar-refractivity contribution in [1.29, 1.82) is 0 Å². The third-order valence-corrected chi connectivity index (χ3v) is 3.82. The summed E-state index contributed by atoms with van der Waals surface area (Å²) < 4.78 is 16.1. The Balaban J connectivity index is 2.19. The lowest BCUT2D eigenvalue weighted by molar-refractivity contribution is 0.0698. The average Bonchev–Trinajstić information content (AvgIpc) is 2.67. The van der Waals surface area contributed by atoms with E-state index in [-0.39, 0.29) is 0 Å². The van der Waals surface area contributed by atoms with Crippen LogP contribution in [0.5, 0.6) is 5.75 Å². The lowest BCUT2D eigenvalue weighted by Gasteiger charge is -2.13. The maximum Gasteiger partial charge on any atom is 0.191 e. The minimum absolute atomic E-state index is 0.635. The molecule has 0 fully saturated rings. The zero-order valence-corrected chi connectivity index (χ0v) is 17.3. The van der Waals surface area contributed by atoms with Crippen LogP contribution in [-0.4, -0.2) is 78.6 Å². The third kappa shape index (κ3) is 12.2. The maximum absolute atomic E-state index is 5.76. The van der Waals surface area contributed by atoms with Crippen molar-refractivity contribution >= 4 is 5.96 Å². The van der Waals surface area contributed by atoms with Crippen LogP contribution in [0.4, 0.5) is 0 Å². The molecule has 154 valence electrons. The summed E-state index contributed by atoms with van der Waals surface area (Å²) in [6.07, 6.45) is 1.94. The van der Waals surface area contributed by atoms with Crippen molar-refractivity contribution in [1.82, 2.24) is 15.5 Å². The normalized spacial score (nSPS) is 11.7. The SMILES string of the molecule is CN=C(NCCCOCCOC)NCc1ccc(OCCCN(C)C)cc1. The van der Waals surface area contributed by atoms with Gasteiger partial charge < -0.3 is 29.7 Å². The number of ether oxygens (including phenoxy) is 3. The Morgan fingerprint density at radius 2 is 1.78 bits per heavy atom. The fourth-order valence-electron chi connectivity index (χ4n) is 2.31. The Kier molecular flexibility index (Phi) is 13.1. The maximum atomic E-state index is 5.76. The van der Waals surface area contributed by atoms with Gasteiger partial charge in [-0.3, -0.25) is 4.99 Å². The van der Waals surface area contributed by atoms with Crippen LogP contribution in [0, 0.1) is 0 Å². The third-order valence-electron chi connectivity index (χ3n) is 3.82. The van der Waals surface area contributed by atoms with Crippen molar-refractivity contribution < 1.29 is 14.2 Å². The summed E-state index contributed by atoms with van der Waals surface area (Å²) in [6, 6.07) is 8.18. The van der Waals surface area contributed by atoms with Crippen molar-refractivity contribution in [3.8, 4) is 5.75 Å². The van der Waals surface area contributed by atoms with Crippen molar-refractivity contribution in [2.24, 2.45) is 4.99 Å². The predicted octanol–water partition coefficient (Wildman–Crippen LogP) is 1.74. The van der Waals surface area contributed by atoms with Gasteiger partial charge in [0.15, 0.2) is 5.96 Å². The summed E-state index contributed by atoms with van der Waals surface area (Å²) in [4.78, 5) is 6.40. The van der Waals surface area contributed by atoms with Gasteiger partial charge in [-0.05, 0) is 44.6 Å². The van der Waals surface area contributed by atoms with Crippen LogP contribution in [0.25, 0.3) is 0 Å². The molecule has 0 aliphatic heterocycles. The van der Waals surface area contributed by atoms with Gasteiger partial charge in [-0.2, -0.15) is 0 Å². The Bertz CT molecular complexity index is 506. The van der Waals surface area contributed by atoms with Crippen LogP contribution >= 0.6 is 0 Å². The molecular formula is C20H36N4O3. The van der Waals surface area contributed by atoms with E-state index in [1.807, 2.05) is 12.1 Å². The van der Waals surface area contributed by atoms with Gasteiger partial charge in [0.2, 0.25) is 0 Å². The number of nitrogens with one attached hydrogen (secondary N) is 2. The van der Waals surface area contributed by atoms with E-state index in [0.717, 1.165) is 44.2 Å². The van der Waals surface area contributed by atoms with Gasteiger partial charge in [-0.1, -0.05) is 12.1 Å². The zero-order valence-electron chi connectivity index (χ0n) is 17.3. The minimum Gasteiger partial charge on any atom is -0.494 e. The van der Waals surface area contributed by atoms with Gasteiger partial charge in [0, 0.05) is 40.4 Å². The average molecular weight is 381 g/mol. The molecule has 1 aromatic carbocycles. The minimum atomic E-state index is 0.635. The molecule has 0 saturated heterocycles. The van der Waals surface area contributed by atoms with Gasteiger partial charge in [-0.15, -0.1) is 0 Å². The standard InChI is InChI=1S/C20H36N4O3/c1-21-20(22-11-5-13-26-16-15-25-4)23-17-18-7-9-19(10-8-18)27-14-6-12-24(2)3/h7-10H,5-6,11-17H2,1-4H3,(H2,21,22,23). The first-order valence-electron chi connectivity index (χ1n) is 9.53. The molecule has 1 aromatic rings. The first kappa shape index (κ1) is 23.2. The second-order valence-electron chi connectivity index (χ2n) is 6.46. The zero-order chi connectivity index (χ0) is 19.7. The highest BCUT2D eigenvalue weighted by molar-refractivity contribution is 5.79. The highest BCUT2D eigenvalue weighted by Gasteiger charge is 2.00. The van der Waals surface area contributed by atoms with Crippen LogP contribution in [-0.2, 0) is 16.0 Å². The number of nitrogens with zero attached hydrogens (tertiary/aromatic N) is 2. The van der Waals surface area contributed by atoms with Gasteiger partial charge in [0.1, 0.15) is 5.75 Å². The fraction of sp³-hybridized carbons (Fsp3) is 0.650. The Hall–Kier alpha value is -1.83. The first-order valence-corrected chi connectivity index (χ1v) is 9.53. The van der Waals surface area contributed by atoms with Crippen molar-refractivity contribution in [2.45, 2.75) is 19.4 Å². The van der Waals surface area contributed by atoms with Crippen LogP contribution < -0.4 is 15.4 Å². The molecule has 0 bridgehead atoms. The number of guanidine groups is 1. The predicted molar refractivity (Wildman–Crippen MR) is 111 cm³/mol. The summed E-state index contributed by atoms with van der Waals surface area (Å²) in [5.41, 5.74) is 1.18. The van der Waals surface area contributed by atoms with E-state index in [4.69, 9.17) is 14.2 Å². The molecule has 1 rings (SSSR count). The Morgan fingerprint density at radius 3 is 2.44 bits per heavy atom. The second kappa shape index (κ2) is 15.2. The number of methoxy groups -OCH3 is 1. The molecule has 0 unspecified atom stereocenters. The van der Waals surface area contributed by atoms with Gasteiger partial charge >= 0.3 is 0 Å². The van der Waals surface area contributed by atoms with Gasteiger partial charge in [0.05, 0.1) is 19.8 Å². The molecule has 7 nitrogen and oxygen atoms in total. The molecule has 0 amide bonds. The summed E-state index contributed by atoms with van der Waals surface area (Å²) in [6.45, 7) is 5.28. The molecule has 7 heteroatoms. The molecule has 0 heterocycles. The summed E-state index contributed by atoms with van der Waals surface area (Å²) in [5, 5.41) is 6.60. The van der Waals surface area contributed by atoms with Gasteiger partial charge in [0.25, 0.3) is 0 Å². The summed E-state index contributed by atoms with van der Waals surface area (Å²) in [7, 11) is 7.59. The van der Waals surface area contributed by atoms with E-state index in [9.17, 15) is 0 Å². The lowest BCUT2D eigenvalue weighted by atomic mass is 10.2. The van der Waals surface area contributed by atoms with Crippen LogP contribution in [0.1, 0.15) is 18.4 Å². The van der Waals surface area contributed by atoms with Crippen molar-refractivity contribution in [3.63, 3.8) is 0 Å². The molecule has 2 N–H and O–H groups in total. The number of hydrogen-bond acceptors (Lipinski definition) is 5. The lowest BCUT2D eigenvalue weighted by Crippen LogP contribution is -2.37. The molecule has 0 aliphatic carbocycles. The molecule has 0 saturated carbocycles. The fourth-order valence-corrected chi connectivity index (χ4v) is 2.31. The topological polar surface area (TPSA) is 67.4 Å². The highest BCUT2D eigenvalue weighted by atomic mass is 16.5.